The van der Waals surface area contributed by atoms with Crippen molar-refractivity contribution < 1.29 is 13.2 Å². The van der Waals surface area contributed by atoms with Gasteiger partial charge in [-0.05, 0) is 102 Å². The quantitative estimate of drug-likeness (QED) is 0.497. The zero-order valence-corrected chi connectivity index (χ0v) is 19.9. The Morgan fingerprint density at radius 1 is 0.939 bits per heavy atom. The van der Waals surface area contributed by atoms with Gasteiger partial charge in [0.1, 0.15) is 5.75 Å². The molecule has 0 atom stereocenters. The van der Waals surface area contributed by atoms with E-state index in [1.54, 1.807) is 6.07 Å². The molecule has 0 amide bonds. The van der Waals surface area contributed by atoms with Gasteiger partial charge in [0.05, 0.1) is 12.9 Å². The van der Waals surface area contributed by atoms with Gasteiger partial charge in [-0.15, -0.1) is 0 Å². The number of anilines is 1. The first-order chi connectivity index (χ1) is 15.9. The number of hydrogen-bond acceptors (Lipinski definition) is 3. The smallest absolute Gasteiger partial charge is 0.229 e. The summed E-state index contributed by atoms with van der Waals surface area (Å²) in [7, 11) is -3.34. The topological polar surface area (TPSA) is 55.4 Å². The van der Waals surface area contributed by atoms with E-state index >= 15 is 0 Å². The summed E-state index contributed by atoms with van der Waals surface area (Å²) >= 11 is 0. The number of nitrogens with one attached hydrogen (secondary N) is 1. The van der Waals surface area contributed by atoms with Crippen LogP contribution in [0.3, 0.4) is 0 Å². The number of aryl methyl sites for hydroxylation is 2. The van der Waals surface area contributed by atoms with Gasteiger partial charge in [-0.1, -0.05) is 42.5 Å². The highest BCUT2D eigenvalue weighted by Crippen LogP contribution is 2.40. The monoisotopic (exact) mass is 459 g/mol. The zero-order valence-electron chi connectivity index (χ0n) is 19.1. The lowest BCUT2D eigenvalue weighted by Crippen LogP contribution is -2.09. The Labute approximate surface area is 196 Å². The number of allylic oxidation sites excluding steroid dienone is 1. The normalized spacial score (nSPS) is 16.9. The summed E-state index contributed by atoms with van der Waals surface area (Å²) in [6.45, 7) is 2.93. The molecule has 0 aromatic heterocycles. The molecule has 2 aliphatic carbocycles. The Balaban J connectivity index is 1.62. The molecule has 3 aromatic carbocycles. The fraction of sp³-hybridized carbons (Fsp3) is 0.286. The lowest BCUT2D eigenvalue weighted by molar-refractivity contribution is 0.299. The summed E-state index contributed by atoms with van der Waals surface area (Å²) < 4.78 is 32.2. The van der Waals surface area contributed by atoms with Gasteiger partial charge in [-0.2, -0.15) is 0 Å². The first kappa shape index (κ1) is 21.8. The van der Waals surface area contributed by atoms with E-state index < -0.39 is 10.0 Å². The molecular formula is C28H29NO3S. The predicted molar refractivity (Wildman–Crippen MR) is 135 cm³/mol. The van der Waals surface area contributed by atoms with Crippen LogP contribution in [0, 0.1) is 5.92 Å². The minimum atomic E-state index is -3.34. The van der Waals surface area contributed by atoms with Crippen molar-refractivity contribution in [2.45, 2.75) is 32.6 Å². The molecule has 5 rings (SSSR count). The summed E-state index contributed by atoms with van der Waals surface area (Å²) in [6, 6.07) is 22.7. The lowest BCUT2D eigenvalue weighted by Gasteiger charge is -2.18. The molecule has 0 unspecified atom stereocenters. The fourth-order valence-corrected chi connectivity index (χ4v) is 5.14. The molecule has 4 nitrogen and oxygen atoms in total. The largest absolute Gasteiger partial charge is 0.493 e. The molecule has 1 fully saturated rings. The number of fused-ring (bicyclic) bond motifs is 2. The molecule has 0 radical (unpaired) electrons. The zero-order chi connectivity index (χ0) is 23.0. The van der Waals surface area contributed by atoms with Crippen molar-refractivity contribution in [1.29, 1.82) is 0 Å². The second-order valence-electron chi connectivity index (χ2n) is 9.19. The summed E-state index contributed by atoms with van der Waals surface area (Å²) in [4.78, 5) is 0. The van der Waals surface area contributed by atoms with Crippen LogP contribution in [-0.2, 0) is 22.9 Å². The highest BCUT2D eigenvalue weighted by atomic mass is 32.2. The van der Waals surface area contributed by atoms with Crippen LogP contribution < -0.4 is 9.46 Å². The summed E-state index contributed by atoms with van der Waals surface area (Å²) in [5.74, 6) is 1.67. The maximum absolute atomic E-state index is 11.8. The Morgan fingerprint density at radius 3 is 2.48 bits per heavy atom. The van der Waals surface area contributed by atoms with E-state index in [9.17, 15) is 8.42 Å². The second-order valence-corrected chi connectivity index (χ2v) is 10.9. The van der Waals surface area contributed by atoms with E-state index in [2.05, 4.69) is 54.1 Å². The number of hydrogen-bond donors (Lipinski definition) is 1. The van der Waals surface area contributed by atoms with E-state index in [1.807, 2.05) is 18.2 Å². The molecule has 0 bridgehead atoms. The number of benzene rings is 3. The molecule has 0 spiro atoms. The lowest BCUT2D eigenvalue weighted by atomic mass is 9.88. The maximum atomic E-state index is 11.8. The van der Waals surface area contributed by atoms with Crippen LogP contribution in [-0.4, -0.2) is 21.3 Å². The fourth-order valence-electron chi connectivity index (χ4n) is 4.58. The van der Waals surface area contributed by atoms with E-state index in [0.717, 1.165) is 42.3 Å². The van der Waals surface area contributed by atoms with Crippen LogP contribution in [0.2, 0.25) is 0 Å². The van der Waals surface area contributed by atoms with E-state index in [0.29, 0.717) is 5.69 Å². The third-order valence-electron chi connectivity index (χ3n) is 6.45. The van der Waals surface area contributed by atoms with Crippen molar-refractivity contribution in [2.75, 3.05) is 17.6 Å². The highest BCUT2D eigenvalue weighted by molar-refractivity contribution is 7.92. The first-order valence-corrected chi connectivity index (χ1v) is 13.4. The van der Waals surface area contributed by atoms with Crippen molar-refractivity contribution in [3.05, 3.63) is 94.5 Å². The molecule has 0 heterocycles. The van der Waals surface area contributed by atoms with Crippen molar-refractivity contribution >= 4 is 26.9 Å². The average Bonchev–Trinajstić information content (AvgIpc) is 3.62. The Bertz CT molecular complexity index is 1340. The molecule has 2 aliphatic rings. The van der Waals surface area contributed by atoms with Gasteiger partial charge in [0.15, 0.2) is 0 Å². The van der Waals surface area contributed by atoms with Crippen molar-refractivity contribution in [1.82, 2.24) is 0 Å². The molecule has 33 heavy (non-hydrogen) atoms. The Morgan fingerprint density at radius 2 is 1.70 bits per heavy atom. The van der Waals surface area contributed by atoms with Crippen LogP contribution in [0.4, 0.5) is 5.69 Å². The van der Waals surface area contributed by atoms with Gasteiger partial charge in [0, 0.05) is 5.69 Å². The average molecular weight is 460 g/mol. The molecule has 1 saturated carbocycles. The maximum Gasteiger partial charge on any atom is 0.229 e. The van der Waals surface area contributed by atoms with Crippen LogP contribution in [0.1, 0.15) is 47.6 Å². The number of sulfonamides is 1. The third-order valence-corrected chi connectivity index (χ3v) is 7.06. The van der Waals surface area contributed by atoms with Crippen molar-refractivity contribution in [3.63, 3.8) is 0 Å². The molecule has 5 heteroatoms. The van der Waals surface area contributed by atoms with Crippen LogP contribution in [0.5, 0.6) is 5.75 Å². The third kappa shape index (κ3) is 4.98. The molecule has 0 saturated heterocycles. The standard InChI is InChI=1S/C28H29NO3S/c1-19(22-7-5-8-24(16-22)29-33(2,30)31)28-26-9-4-3-6-21(26)12-13-23-17-25(14-15-27(23)28)32-18-20-10-11-20/h3-9,14-17,20,29H,10-13,18H2,1-2H3. The summed E-state index contributed by atoms with van der Waals surface area (Å²) in [6.07, 6.45) is 5.66. The second kappa shape index (κ2) is 8.71. The predicted octanol–water partition coefficient (Wildman–Crippen LogP) is 5.92. The van der Waals surface area contributed by atoms with Gasteiger partial charge in [-0.25, -0.2) is 8.42 Å². The van der Waals surface area contributed by atoms with Gasteiger partial charge >= 0.3 is 0 Å². The van der Waals surface area contributed by atoms with Crippen LogP contribution in [0.25, 0.3) is 11.1 Å². The highest BCUT2D eigenvalue weighted by Gasteiger charge is 2.23. The first-order valence-electron chi connectivity index (χ1n) is 11.5. The molecule has 170 valence electrons. The SMILES string of the molecule is CC(=C1c2ccccc2CCc2cc(OCC3CC3)ccc21)c1cccc(NS(C)(=O)=O)c1. The van der Waals surface area contributed by atoms with Crippen molar-refractivity contribution in [3.8, 4) is 5.75 Å². The Hall–Kier alpha value is -3.05. The van der Waals surface area contributed by atoms with Gasteiger partial charge < -0.3 is 4.74 Å². The molecule has 0 aliphatic heterocycles. The van der Waals surface area contributed by atoms with Crippen LogP contribution in [0.15, 0.2) is 66.7 Å². The number of ether oxygens (including phenoxy) is 1. The van der Waals surface area contributed by atoms with E-state index in [-0.39, 0.29) is 0 Å². The number of rotatable bonds is 6. The van der Waals surface area contributed by atoms with Crippen molar-refractivity contribution in [2.24, 2.45) is 5.92 Å². The molecule has 1 N–H and O–H groups in total. The van der Waals surface area contributed by atoms with Crippen LogP contribution >= 0.6 is 0 Å². The Kier molecular flexibility index (Phi) is 5.75. The van der Waals surface area contributed by atoms with E-state index in [1.165, 1.54) is 46.9 Å². The van der Waals surface area contributed by atoms with Gasteiger partial charge in [0.25, 0.3) is 0 Å². The summed E-state index contributed by atoms with van der Waals surface area (Å²) in [5, 5.41) is 0. The minimum absolute atomic E-state index is 0.570. The minimum Gasteiger partial charge on any atom is -0.493 e. The van der Waals surface area contributed by atoms with Gasteiger partial charge in [-0.3, -0.25) is 4.72 Å². The van der Waals surface area contributed by atoms with Gasteiger partial charge in [0.2, 0.25) is 10.0 Å². The molecule has 3 aromatic rings. The summed E-state index contributed by atoms with van der Waals surface area (Å²) in [5.41, 5.74) is 8.96. The van der Waals surface area contributed by atoms with E-state index in [4.69, 9.17) is 4.74 Å². The molecular weight excluding hydrogens is 430 g/mol.